The van der Waals surface area contributed by atoms with Gasteiger partial charge in [-0.1, -0.05) is 18.2 Å². The summed E-state index contributed by atoms with van der Waals surface area (Å²) < 4.78 is 11.2. The average Bonchev–Trinajstić information content (AvgIpc) is 2.84. The first-order valence-corrected chi connectivity index (χ1v) is 6.24. The quantitative estimate of drug-likeness (QED) is 0.883. The zero-order valence-corrected chi connectivity index (χ0v) is 10.3. The van der Waals surface area contributed by atoms with Crippen molar-refractivity contribution in [2.75, 3.05) is 6.61 Å². The number of aryl methyl sites for hydroxylation is 2. The predicted octanol–water partition coefficient (Wildman–Crippen LogP) is 2.99. The number of furan rings is 1. The number of aliphatic hydroxyl groups excluding tert-OH is 1. The molecule has 0 saturated carbocycles. The molecule has 2 aromatic rings. The van der Waals surface area contributed by atoms with Gasteiger partial charge >= 0.3 is 0 Å². The molecule has 0 spiro atoms. The molecule has 1 aromatic heterocycles. The van der Waals surface area contributed by atoms with Gasteiger partial charge in [0, 0.05) is 5.56 Å². The molecule has 3 rings (SSSR count). The van der Waals surface area contributed by atoms with Crippen molar-refractivity contribution in [1.82, 2.24) is 0 Å². The Bertz CT molecular complexity index is 557. The molecule has 3 heteroatoms. The van der Waals surface area contributed by atoms with Crippen LogP contribution in [-0.4, -0.2) is 11.7 Å². The number of ether oxygens (including phenoxy) is 1. The number of para-hydroxylation sites is 1. The molecule has 0 fully saturated rings. The van der Waals surface area contributed by atoms with Crippen LogP contribution in [0.25, 0.3) is 0 Å². The zero-order valence-electron chi connectivity index (χ0n) is 10.3. The first-order valence-electron chi connectivity index (χ1n) is 6.24. The molecule has 0 aliphatic carbocycles. The lowest BCUT2D eigenvalue weighted by Gasteiger charge is -2.22. The molecule has 0 amide bonds. The topological polar surface area (TPSA) is 42.6 Å². The third-order valence-corrected chi connectivity index (χ3v) is 3.29. The monoisotopic (exact) mass is 244 g/mol. The summed E-state index contributed by atoms with van der Waals surface area (Å²) in [7, 11) is 0. The van der Waals surface area contributed by atoms with Crippen molar-refractivity contribution >= 4 is 0 Å². The van der Waals surface area contributed by atoms with Crippen LogP contribution >= 0.6 is 0 Å². The summed E-state index contributed by atoms with van der Waals surface area (Å²) >= 11 is 0. The first-order chi connectivity index (χ1) is 8.75. The SMILES string of the molecule is Cc1ccc(C(O)c2cccc3c2OCCC3)o1. The van der Waals surface area contributed by atoms with Gasteiger partial charge in [-0.05, 0) is 37.5 Å². The van der Waals surface area contributed by atoms with Crippen LogP contribution in [0.1, 0.15) is 35.2 Å². The minimum absolute atomic E-state index is 0.565. The molecule has 0 saturated heterocycles. The van der Waals surface area contributed by atoms with Crippen molar-refractivity contribution in [2.24, 2.45) is 0 Å². The summed E-state index contributed by atoms with van der Waals surface area (Å²) in [5.41, 5.74) is 1.96. The van der Waals surface area contributed by atoms with E-state index in [2.05, 4.69) is 6.07 Å². The van der Waals surface area contributed by atoms with E-state index in [1.165, 1.54) is 5.56 Å². The van der Waals surface area contributed by atoms with Crippen LogP contribution in [0.5, 0.6) is 5.75 Å². The molecule has 94 valence electrons. The second-order valence-corrected chi connectivity index (χ2v) is 4.64. The van der Waals surface area contributed by atoms with Gasteiger partial charge in [0.25, 0.3) is 0 Å². The summed E-state index contributed by atoms with van der Waals surface area (Å²) in [6.07, 6.45) is 1.28. The van der Waals surface area contributed by atoms with Crippen LogP contribution in [0.3, 0.4) is 0 Å². The molecule has 1 atom stereocenters. The average molecular weight is 244 g/mol. The number of fused-ring (bicyclic) bond motifs is 1. The third kappa shape index (κ3) is 1.91. The van der Waals surface area contributed by atoms with Gasteiger partial charge in [-0.3, -0.25) is 0 Å². The van der Waals surface area contributed by atoms with Crippen molar-refractivity contribution in [1.29, 1.82) is 0 Å². The van der Waals surface area contributed by atoms with Crippen molar-refractivity contribution in [2.45, 2.75) is 25.9 Å². The Morgan fingerprint density at radius 2 is 2.11 bits per heavy atom. The smallest absolute Gasteiger partial charge is 0.140 e. The second-order valence-electron chi connectivity index (χ2n) is 4.64. The van der Waals surface area contributed by atoms with Gasteiger partial charge in [0.05, 0.1) is 6.61 Å². The summed E-state index contributed by atoms with van der Waals surface area (Å²) in [6, 6.07) is 9.57. The Morgan fingerprint density at radius 3 is 2.89 bits per heavy atom. The second kappa shape index (κ2) is 4.50. The van der Waals surface area contributed by atoms with Crippen molar-refractivity contribution in [3.8, 4) is 5.75 Å². The van der Waals surface area contributed by atoms with E-state index in [-0.39, 0.29) is 0 Å². The fraction of sp³-hybridized carbons (Fsp3) is 0.333. The van der Waals surface area contributed by atoms with E-state index in [9.17, 15) is 5.11 Å². The number of hydrogen-bond donors (Lipinski definition) is 1. The van der Waals surface area contributed by atoms with Gasteiger partial charge in [0.2, 0.25) is 0 Å². The lowest BCUT2D eigenvalue weighted by Crippen LogP contribution is -2.12. The first kappa shape index (κ1) is 11.4. The van der Waals surface area contributed by atoms with Gasteiger partial charge in [-0.15, -0.1) is 0 Å². The van der Waals surface area contributed by atoms with Crippen molar-refractivity contribution in [3.63, 3.8) is 0 Å². The van der Waals surface area contributed by atoms with Crippen LogP contribution in [0.15, 0.2) is 34.7 Å². The van der Waals surface area contributed by atoms with Gasteiger partial charge in [0.1, 0.15) is 23.4 Å². The van der Waals surface area contributed by atoms with Crippen molar-refractivity contribution < 1.29 is 14.3 Å². The molecule has 3 nitrogen and oxygen atoms in total. The van der Waals surface area contributed by atoms with Gasteiger partial charge < -0.3 is 14.3 Å². The molecule has 0 radical (unpaired) electrons. The molecular weight excluding hydrogens is 228 g/mol. The van der Waals surface area contributed by atoms with Gasteiger partial charge in [-0.2, -0.15) is 0 Å². The van der Waals surface area contributed by atoms with Crippen molar-refractivity contribution in [3.05, 3.63) is 53.0 Å². The van der Waals surface area contributed by atoms with E-state index in [1.54, 1.807) is 0 Å². The molecule has 18 heavy (non-hydrogen) atoms. The maximum absolute atomic E-state index is 10.4. The van der Waals surface area contributed by atoms with E-state index in [4.69, 9.17) is 9.15 Å². The number of hydrogen-bond acceptors (Lipinski definition) is 3. The molecule has 1 aliphatic rings. The lowest BCUT2D eigenvalue weighted by molar-refractivity contribution is 0.178. The minimum Gasteiger partial charge on any atom is -0.493 e. The van der Waals surface area contributed by atoms with Gasteiger partial charge in [-0.25, -0.2) is 0 Å². The molecular formula is C15H16O3. The largest absolute Gasteiger partial charge is 0.493 e. The third-order valence-electron chi connectivity index (χ3n) is 3.29. The Hall–Kier alpha value is -1.74. The highest BCUT2D eigenvalue weighted by atomic mass is 16.5. The van der Waals surface area contributed by atoms with E-state index in [0.717, 1.165) is 29.9 Å². The fourth-order valence-electron chi connectivity index (χ4n) is 2.38. The van der Waals surface area contributed by atoms with Crippen LogP contribution in [0.4, 0.5) is 0 Å². The molecule has 2 heterocycles. The van der Waals surface area contributed by atoms with Crippen LogP contribution in [0.2, 0.25) is 0 Å². The Balaban J connectivity index is 2.01. The molecule has 1 unspecified atom stereocenters. The highest BCUT2D eigenvalue weighted by Crippen LogP contribution is 2.35. The number of rotatable bonds is 2. The summed E-state index contributed by atoms with van der Waals surface area (Å²) in [6.45, 7) is 2.58. The predicted molar refractivity (Wildman–Crippen MR) is 67.8 cm³/mol. The molecule has 1 aromatic carbocycles. The van der Waals surface area contributed by atoms with E-state index >= 15 is 0 Å². The lowest BCUT2D eigenvalue weighted by atomic mass is 9.98. The van der Waals surface area contributed by atoms with Crippen LogP contribution < -0.4 is 4.74 Å². The highest BCUT2D eigenvalue weighted by molar-refractivity contribution is 5.45. The van der Waals surface area contributed by atoms with Crippen LogP contribution in [0, 0.1) is 6.92 Å². The Labute approximate surface area is 106 Å². The normalized spacial score (nSPS) is 15.9. The number of benzene rings is 1. The maximum Gasteiger partial charge on any atom is 0.140 e. The Kier molecular flexibility index (Phi) is 2.84. The summed E-state index contributed by atoms with van der Waals surface area (Å²) in [4.78, 5) is 0. The standard InChI is InChI=1S/C15H16O3/c1-10-7-8-13(18-10)14(16)12-6-2-4-11-5-3-9-17-15(11)12/h2,4,6-8,14,16H,3,5,9H2,1H3. The summed E-state index contributed by atoms with van der Waals surface area (Å²) in [5.74, 6) is 2.19. The maximum atomic E-state index is 10.4. The van der Waals surface area contributed by atoms with Gasteiger partial charge in [0.15, 0.2) is 0 Å². The Morgan fingerprint density at radius 1 is 1.22 bits per heavy atom. The molecule has 1 N–H and O–H groups in total. The summed E-state index contributed by atoms with van der Waals surface area (Å²) in [5, 5.41) is 10.4. The van der Waals surface area contributed by atoms with E-state index in [0.29, 0.717) is 12.4 Å². The highest BCUT2D eigenvalue weighted by Gasteiger charge is 2.22. The van der Waals surface area contributed by atoms with E-state index in [1.807, 2.05) is 31.2 Å². The van der Waals surface area contributed by atoms with Crippen LogP contribution in [-0.2, 0) is 6.42 Å². The fourth-order valence-corrected chi connectivity index (χ4v) is 2.38. The molecule has 0 bridgehead atoms. The van der Waals surface area contributed by atoms with E-state index < -0.39 is 6.10 Å². The number of aliphatic hydroxyl groups is 1. The molecule has 1 aliphatic heterocycles. The minimum atomic E-state index is -0.758. The zero-order chi connectivity index (χ0) is 12.5.